The van der Waals surface area contributed by atoms with Gasteiger partial charge in [-0.05, 0) is 25.8 Å². The summed E-state index contributed by atoms with van der Waals surface area (Å²) in [6.07, 6.45) is 5.47. The van der Waals surface area contributed by atoms with Crippen LogP contribution in [0.25, 0.3) is 10.7 Å². The molecule has 0 radical (unpaired) electrons. The number of amides is 1. The summed E-state index contributed by atoms with van der Waals surface area (Å²) in [7, 11) is -2.08. The summed E-state index contributed by atoms with van der Waals surface area (Å²) < 4.78 is 55.4. The number of alkyl halides is 2. The number of anilines is 1. The fourth-order valence-electron chi connectivity index (χ4n) is 3.44. The number of rotatable bonds is 6. The van der Waals surface area contributed by atoms with E-state index in [0.717, 1.165) is 28.7 Å². The second-order valence-corrected chi connectivity index (χ2v) is 10.0. The molecule has 0 aliphatic carbocycles. The van der Waals surface area contributed by atoms with Gasteiger partial charge >= 0.3 is 6.55 Å². The van der Waals surface area contributed by atoms with Crippen LogP contribution >= 0.6 is 11.3 Å². The van der Waals surface area contributed by atoms with Gasteiger partial charge in [0, 0.05) is 38.7 Å². The second-order valence-electron chi connectivity index (χ2n) is 7.11. The van der Waals surface area contributed by atoms with E-state index in [1.807, 2.05) is 0 Å². The first-order valence-electron chi connectivity index (χ1n) is 9.45. The molecule has 9 nitrogen and oxygen atoms in total. The number of carbonyl (C=O) groups excluding carboxylic acids is 1. The number of thiazole rings is 1. The Bertz CT molecular complexity index is 1220. The van der Waals surface area contributed by atoms with Crippen LogP contribution in [0, 0.1) is 6.92 Å². The zero-order valence-corrected chi connectivity index (χ0v) is 18.4. The Morgan fingerprint density at radius 3 is 2.68 bits per heavy atom. The molecule has 0 atom stereocenters. The summed E-state index contributed by atoms with van der Waals surface area (Å²) in [5.74, 6) is -0.494. The van der Waals surface area contributed by atoms with E-state index in [2.05, 4.69) is 15.3 Å². The Balaban J connectivity index is 1.57. The lowest BCUT2D eigenvalue weighted by molar-refractivity contribution is 0.0720. The van der Waals surface area contributed by atoms with Gasteiger partial charge in [0.05, 0.1) is 10.6 Å². The first kappa shape index (κ1) is 21.6. The van der Waals surface area contributed by atoms with Crippen LogP contribution in [-0.4, -0.2) is 50.8 Å². The lowest BCUT2D eigenvalue weighted by atomic mass is 10.4. The average molecular weight is 471 g/mol. The predicted octanol–water partition coefficient (Wildman–Crippen LogP) is 3.09. The average Bonchev–Trinajstić information content (AvgIpc) is 3.48. The minimum atomic E-state index is -3.65. The van der Waals surface area contributed by atoms with Gasteiger partial charge in [-0.1, -0.05) is 11.3 Å². The van der Waals surface area contributed by atoms with Crippen LogP contribution in [0.1, 0.15) is 35.6 Å². The minimum absolute atomic E-state index is 0.0528. The lowest BCUT2D eigenvalue weighted by Gasteiger charge is -2.13. The number of aryl methyl sites for hydroxylation is 2. The van der Waals surface area contributed by atoms with Crippen molar-refractivity contribution >= 4 is 32.4 Å². The van der Waals surface area contributed by atoms with Crippen molar-refractivity contribution in [3.8, 4) is 10.7 Å². The maximum Gasteiger partial charge on any atom is 0.320 e. The molecule has 1 amide bonds. The van der Waals surface area contributed by atoms with Crippen molar-refractivity contribution in [1.29, 1.82) is 0 Å². The van der Waals surface area contributed by atoms with E-state index < -0.39 is 22.5 Å². The summed E-state index contributed by atoms with van der Waals surface area (Å²) in [6, 6.07) is 1.33. The quantitative estimate of drug-likeness (QED) is 0.597. The molecule has 1 N–H and O–H groups in total. The van der Waals surface area contributed by atoms with E-state index in [9.17, 15) is 22.0 Å². The Morgan fingerprint density at radius 2 is 2.00 bits per heavy atom. The Labute approximate surface area is 181 Å². The number of sulfonamides is 1. The molecule has 13 heteroatoms. The van der Waals surface area contributed by atoms with Crippen molar-refractivity contribution in [2.45, 2.75) is 31.2 Å². The highest BCUT2D eigenvalue weighted by Gasteiger charge is 2.29. The third kappa shape index (κ3) is 4.00. The van der Waals surface area contributed by atoms with Gasteiger partial charge in [0.1, 0.15) is 10.6 Å². The zero-order valence-electron chi connectivity index (χ0n) is 16.7. The summed E-state index contributed by atoms with van der Waals surface area (Å²) in [5.41, 5.74) is 0.582. The third-order valence-electron chi connectivity index (χ3n) is 5.01. The van der Waals surface area contributed by atoms with Gasteiger partial charge in [-0.3, -0.25) is 14.7 Å². The molecule has 3 aromatic rings. The van der Waals surface area contributed by atoms with Gasteiger partial charge in [0.2, 0.25) is 10.0 Å². The van der Waals surface area contributed by atoms with Crippen molar-refractivity contribution in [3.05, 3.63) is 36.0 Å². The highest BCUT2D eigenvalue weighted by molar-refractivity contribution is 7.89. The second kappa shape index (κ2) is 8.13. The number of aromatic nitrogens is 4. The molecule has 0 saturated carbocycles. The molecule has 166 valence electrons. The zero-order chi connectivity index (χ0) is 22.3. The van der Waals surface area contributed by atoms with Gasteiger partial charge in [-0.15, -0.1) is 0 Å². The van der Waals surface area contributed by atoms with Gasteiger partial charge in [0.15, 0.2) is 11.0 Å². The molecule has 1 aliphatic rings. The van der Waals surface area contributed by atoms with Gasteiger partial charge in [-0.2, -0.15) is 13.1 Å². The highest BCUT2D eigenvalue weighted by atomic mass is 32.2. The van der Waals surface area contributed by atoms with E-state index in [4.69, 9.17) is 0 Å². The minimum Gasteiger partial charge on any atom is -0.345 e. The number of imidazole rings is 1. The fraction of sp³-hybridized carbons (Fsp3) is 0.389. The first-order valence-corrected chi connectivity index (χ1v) is 11.7. The normalized spacial score (nSPS) is 15.1. The van der Waals surface area contributed by atoms with E-state index in [0.29, 0.717) is 23.7 Å². The Hall–Kier alpha value is -2.64. The van der Waals surface area contributed by atoms with Crippen LogP contribution in [0.5, 0.6) is 0 Å². The molecular formula is C18H20F2N6O3S2. The van der Waals surface area contributed by atoms with Crippen LogP contribution in [0.4, 0.5) is 13.9 Å². The van der Waals surface area contributed by atoms with Crippen molar-refractivity contribution in [1.82, 2.24) is 23.4 Å². The van der Waals surface area contributed by atoms with Crippen molar-refractivity contribution < 1.29 is 22.0 Å². The molecule has 0 spiro atoms. The van der Waals surface area contributed by atoms with Crippen molar-refractivity contribution in [3.63, 3.8) is 0 Å². The first-order chi connectivity index (χ1) is 14.7. The maximum absolute atomic E-state index is 13.2. The summed E-state index contributed by atoms with van der Waals surface area (Å²) >= 11 is 1.01. The number of nitrogens with zero attached hydrogens (tertiary/aromatic N) is 5. The molecule has 4 rings (SSSR count). The van der Waals surface area contributed by atoms with E-state index in [1.165, 1.54) is 33.5 Å². The number of hydrogen-bond donors (Lipinski definition) is 1. The summed E-state index contributed by atoms with van der Waals surface area (Å²) in [6.45, 7) is -0.186. The Morgan fingerprint density at radius 1 is 1.29 bits per heavy atom. The molecule has 1 saturated heterocycles. The number of nitrogens with one attached hydrogen (secondary N) is 1. The van der Waals surface area contributed by atoms with Crippen LogP contribution in [-0.2, 0) is 17.1 Å². The van der Waals surface area contributed by atoms with Crippen LogP contribution in [0.2, 0.25) is 0 Å². The molecule has 31 heavy (non-hydrogen) atoms. The van der Waals surface area contributed by atoms with Gasteiger partial charge in [-0.25, -0.2) is 18.4 Å². The maximum atomic E-state index is 13.2. The van der Waals surface area contributed by atoms with E-state index in [-0.39, 0.29) is 21.5 Å². The largest absolute Gasteiger partial charge is 0.345 e. The third-order valence-corrected chi connectivity index (χ3v) is 7.95. The summed E-state index contributed by atoms with van der Waals surface area (Å²) in [4.78, 5) is 21.4. The topological polar surface area (TPSA) is 102 Å². The van der Waals surface area contributed by atoms with E-state index >= 15 is 0 Å². The fourth-order valence-corrected chi connectivity index (χ4v) is 5.99. The number of carbonyl (C=O) groups is 1. The molecule has 0 bridgehead atoms. The standard InChI is InChI=1S/C18H20F2N6O3S2/c1-11-14(15-21-5-8-26(15)17(19)20)30-18(22-11)23-16(27)13-9-12(10-24(13)2)31(28,29)25-6-3-4-7-25/h5,8-10,17H,3-4,6-7H2,1-2H3,(H,22,23,27). The predicted molar refractivity (Wildman–Crippen MR) is 111 cm³/mol. The van der Waals surface area contributed by atoms with E-state index in [1.54, 1.807) is 14.0 Å². The molecule has 3 aromatic heterocycles. The molecule has 1 fully saturated rings. The van der Waals surface area contributed by atoms with Crippen LogP contribution in [0.15, 0.2) is 29.6 Å². The monoisotopic (exact) mass is 470 g/mol. The van der Waals surface area contributed by atoms with Crippen molar-refractivity contribution in [2.75, 3.05) is 18.4 Å². The van der Waals surface area contributed by atoms with Crippen LogP contribution < -0.4 is 5.32 Å². The van der Waals surface area contributed by atoms with Gasteiger partial charge in [0.25, 0.3) is 5.91 Å². The highest BCUT2D eigenvalue weighted by Crippen LogP contribution is 2.33. The molecule has 1 aliphatic heterocycles. The molecular weight excluding hydrogens is 450 g/mol. The summed E-state index contributed by atoms with van der Waals surface area (Å²) in [5, 5.41) is 2.82. The van der Waals surface area contributed by atoms with Gasteiger partial charge < -0.3 is 4.57 Å². The molecule has 0 aromatic carbocycles. The SMILES string of the molecule is Cc1nc(NC(=O)c2cc(S(=O)(=O)N3CCCC3)cn2C)sc1-c1nccn1C(F)F. The molecule has 0 unspecified atom stereocenters. The number of hydrogen-bond acceptors (Lipinski definition) is 6. The lowest BCUT2D eigenvalue weighted by Crippen LogP contribution is -2.27. The smallest absolute Gasteiger partial charge is 0.320 e. The van der Waals surface area contributed by atoms with Crippen LogP contribution in [0.3, 0.4) is 0 Å². The number of halogens is 2. The Kier molecular flexibility index (Phi) is 5.66. The molecule has 4 heterocycles. The van der Waals surface area contributed by atoms with Crippen molar-refractivity contribution in [2.24, 2.45) is 7.05 Å².